The van der Waals surface area contributed by atoms with Gasteiger partial charge in [-0.15, -0.1) is 11.3 Å². The summed E-state index contributed by atoms with van der Waals surface area (Å²) in [7, 11) is 0. The molecule has 1 aliphatic heterocycles. The van der Waals surface area contributed by atoms with Gasteiger partial charge in [0.2, 0.25) is 0 Å². The van der Waals surface area contributed by atoms with Gasteiger partial charge in [-0.1, -0.05) is 0 Å². The van der Waals surface area contributed by atoms with Gasteiger partial charge in [-0.05, 0) is 20.8 Å². The second-order valence-corrected chi connectivity index (χ2v) is 5.42. The maximum atomic E-state index is 12.1. The number of carbonyl (C=O) groups is 2. The van der Waals surface area contributed by atoms with E-state index in [0.29, 0.717) is 17.1 Å². The molecule has 22 heavy (non-hydrogen) atoms. The van der Waals surface area contributed by atoms with Gasteiger partial charge in [0.1, 0.15) is 0 Å². The van der Waals surface area contributed by atoms with Crippen molar-refractivity contribution in [3.8, 4) is 0 Å². The zero-order chi connectivity index (χ0) is 16.1. The number of amidine groups is 1. The zero-order valence-corrected chi connectivity index (χ0v) is 13.4. The fourth-order valence-electron chi connectivity index (χ4n) is 1.79. The van der Waals surface area contributed by atoms with Crippen molar-refractivity contribution < 1.29 is 19.1 Å². The molecular weight excluding hydrogens is 306 g/mol. The van der Waals surface area contributed by atoms with Gasteiger partial charge < -0.3 is 14.8 Å². The minimum Gasteiger partial charge on any atom is -0.463 e. The van der Waals surface area contributed by atoms with Crippen LogP contribution in [-0.4, -0.2) is 42.0 Å². The van der Waals surface area contributed by atoms with Crippen LogP contribution in [0.25, 0.3) is 0 Å². The third-order valence-electron chi connectivity index (χ3n) is 2.94. The van der Waals surface area contributed by atoms with Crippen molar-refractivity contribution in [1.82, 2.24) is 10.3 Å². The van der Waals surface area contributed by atoms with E-state index in [-0.39, 0.29) is 13.2 Å². The summed E-state index contributed by atoms with van der Waals surface area (Å²) in [4.78, 5) is 32.0. The van der Waals surface area contributed by atoms with Crippen LogP contribution < -0.4 is 5.32 Å². The van der Waals surface area contributed by atoms with E-state index in [2.05, 4.69) is 15.3 Å². The molecule has 0 spiro atoms. The predicted octanol–water partition coefficient (Wildman–Crippen LogP) is 1.26. The van der Waals surface area contributed by atoms with Crippen LogP contribution in [0.2, 0.25) is 0 Å². The van der Waals surface area contributed by atoms with Crippen LogP contribution in [0.4, 0.5) is 0 Å². The number of esters is 2. The molecule has 1 N–H and O–H groups in total. The number of hydrogen-bond donors (Lipinski definition) is 1. The van der Waals surface area contributed by atoms with Crippen LogP contribution in [-0.2, 0) is 19.1 Å². The van der Waals surface area contributed by atoms with Crippen LogP contribution in [0.15, 0.2) is 27.8 Å². The largest absolute Gasteiger partial charge is 0.463 e. The average Bonchev–Trinajstić information content (AvgIpc) is 3.01. The Labute approximate surface area is 132 Å². The molecule has 118 valence electrons. The number of thiazole rings is 1. The Kier molecular flexibility index (Phi) is 5.26. The van der Waals surface area contributed by atoms with E-state index < -0.39 is 18.0 Å². The summed E-state index contributed by atoms with van der Waals surface area (Å²) in [6.45, 7) is 5.35. The van der Waals surface area contributed by atoms with Gasteiger partial charge >= 0.3 is 11.9 Å². The quantitative estimate of drug-likeness (QED) is 0.821. The maximum absolute atomic E-state index is 12.1. The summed E-state index contributed by atoms with van der Waals surface area (Å²) in [5.74, 6) is -0.514. The lowest BCUT2D eigenvalue weighted by Crippen LogP contribution is -2.33. The fourth-order valence-corrected chi connectivity index (χ4v) is 2.39. The number of ether oxygens (including phenoxy) is 2. The Morgan fingerprint density at radius 3 is 2.86 bits per heavy atom. The predicted molar refractivity (Wildman–Crippen MR) is 81.5 cm³/mol. The first-order chi connectivity index (χ1) is 10.5. The van der Waals surface area contributed by atoms with Crippen molar-refractivity contribution in [2.45, 2.75) is 26.9 Å². The lowest BCUT2D eigenvalue weighted by atomic mass is 10.2. The van der Waals surface area contributed by atoms with Crippen LogP contribution in [0, 0.1) is 0 Å². The van der Waals surface area contributed by atoms with Gasteiger partial charge in [0.05, 0.1) is 18.7 Å². The lowest BCUT2D eigenvalue weighted by molar-refractivity contribution is -0.164. The minimum atomic E-state index is -0.947. The van der Waals surface area contributed by atoms with Gasteiger partial charge in [-0.25, -0.2) is 14.6 Å². The van der Waals surface area contributed by atoms with E-state index in [0.717, 1.165) is 5.01 Å². The topological polar surface area (TPSA) is 89.9 Å². The summed E-state index contributed by atoms with van der Waals surface area (Å²) in [6.07, 6.45) is 0.741. The molecule has 0 saturated heterocycles. The Balaban J connectivity index is 2.00. The summed E-state index contributed by atoms with van der Waals surface area (Å²) < 4.78 is 9.91. The third kappa shape index (κ3) is 3.70. The first kappa shape index (κ1) is 16.2. The molecule has 1 unspecified atom stereocenters. The van der Waals surface area contributed by atoms with Crippen molar-refractivity contribution in [2.24, 2.45) is 4.99 Å². The monoisotopic (exact) mass is 323 g/mol. The Hall–Kier alpha value is -2.22. The highest BCUT2D eigenvalue weighted by atomic mass is 32.1. The first-order valence-corrected chi connectivity index (χ1v) is 7.69. The second kappa shape index (κ2) is 7.17. The maximum Gasteiger partial charge on any atom is 0.347 e. The number of rotatable bonds is 5. The van der Waals surface area contributed by atoms with E-state index in [9.17, 15) is 9.59 Å². The molecule has 1 aromatic heterocycles. The Bertz CT molecular complexity index is 622. The van der Waals surface area contributed by atoms with Crippen molar-refractivity contribution in [2.75, 3.05) is 13.2 Å². The zero-order valence-electron chi connectivity index (χ0n) is 12.6. The molecule has 0 amide bonds. The second-order valence-electron chi connectivity index (χ2n) is 4.53. The number of carbonyl (C=O) groups excluding carboxylic acids is 2. The summed E-state index contributed by atoms with van der Waals surface area (Å²) >= 11 is 1.46. The van der Waals surface area contributed by atoms with Crippen LogP contribution in [0.1, 0.15) is 25.8 Å². The van der Waals surface area contributed by atoms with Crippen molar-refractivity contribution in [1.29, 1.82) is 0 Å². The molecule has 2 rings (SSSR count). The summed E-state index contributed by atoms with van der Waals surface area (Å²) in [5, 5.41) is 5.64. The lowest BCUT2D eigenvalue weighted by Gasteiger charge is -2.19. The van der Waals surface area contributed by atoms with Gasteiger partial charge in [-0.2, -0.15) is 0 Å². The van der Waals surface area contributed by atoms with Crippen LogP contribution in [0.3, 0.4) is 0 Å². The molecule has 0 radical (unpaired) electrons. The number of aromatic nitrogens is 1. The molecule has 2 heterocycles. The molecule has 1 aromatic rings. The van der Waals surface area contributed by atoms with Crippen molar-refractivity contribution >= 4 is 29.1 Å². The van der Waals surface area contributed by atoms with E-state index in [1.165, 1.54) is 18.3 Å². The molecule has 8 heteroatoms. The van der Waals surface area contributed by atoms with Crippen molar-refractivity contribution in [3.05, 3.63) is 27.9 Å². The molecule has 0 saturated carbocycles. The Morgan fingerprint density at radius 1 is 1.50 bits per heavy atom. The molecule has 1 atom stereocenters. The number of nitrogens with one attached hydrogen (secondary N) is 1. The van der Waals surface area contributed by atoms with Crippen LogP contribution >= 0.6 is 11.3 Å². The molecule has 0 aromatic carbocycles. The normalized spacial score (nSPS) is 15.7. The molecule has 0 fully saturated rings. The summed E-state index contributed by atoms with van der Waals surface area (Å²) in [5.41, 5.74) is 1.03. The van der Waals surface area contributed by atoms with Crippen LogP contribution in [0.5, 0.6) is 0 Å². The number of nitrogens with zero attached hydrogens (tertiary/aromatic N) is 2. The molecular formula is C14H17N3O4S. The first-order valence-electron chi connectivity index (χ1n) is 6.81. The smallest absolute Gasteiger partial charge is 0.347 e. The van der Waals surface area contributed by atoms with Gasteiger partial charge in [0.25, 0.3) is 0 Å². The third-order valence-corrected chi connectivity index (χ3v) is 3.72. The highest BCUT2D eigenvalue weighted by Crippen LogP contribution is 2.15. The Morgan fingerprint density at radius 2 is 2.27 bits per heavy atom. The standard InChI is InChI=1S/C14H17N3O4S/c1-4-20-13(18)9(3)21-14(19)10-7-16-11(17-8(10)2)12-15-5-6-22-12/h5-6,9H,4,7H2,1-3H3,(H,16,17). The van der Waals surface area contributed by atoms with E-state index in [4.69, 9.17) is 9.47 Å². The highest BCUT2D eigenvalue weighted by Gasteiger charge is 2.25. The number of allylic oxidation sites excluding steroid dienone is 1. The van der Waals surface area contributed by atoms with Crippen molar-refractivity contribution in [3.63, 3.8) is 0 Å². The molecule has 0 aliphatic carbocycles. The van der Waals surface area contributed by atoms with Gasteiger partial charge in [0.15, 0.2) is 16.9 Å². The van der Waals surface area contributed by atoms with E-state index in [1.54, 1.807) is 20.0 Å². The average molecular weight is 323 g/mol. The molecule has 7 nitrogen and oxygen atoms in total. The van der Waals surface area contributed by atoms with E-state index >= 15 is 0 Å². The highest BCUT2D eigenvalue weighted by molar-refractivity contribution is 7.11. The fraction of sp³-hybridized carbons (Fsp3) is 0.429. The van der Waals surface area contributed by atoms with Gasteiger partial charge in [0, 0.05) is 17.3 Å². The van der Waals surface area contributed by atoms with E-state index in [1.807, 2.05) is 5.38 Å². The molecule has 0 bridgehead atoms. The molecule has 1 aliphatic rings. The SMILES string of the molecule is CCOC(=O)C(C)OC(=O)C1=C(C)NC(c2nccs2)=NC1. The number of hydrogen-bond acceptors (Lipinski definition) is 8. The van der Waals surface area contributed by atoms with Gasteiger partial charge in [-0.3, -0.25) is 4.99 Å². The minimum absolute atomic E-state index is 0.183. The number of aliphatic imine (C=N–C) groups is 1. The summed E-state index contributed by atoms with van der Waals surface area (Å²) in [6, 6.07) is 0.